The zero-order chi connectivity index (χ0) is 10.5. The van der Waals surface area contributed by atoms with E-state index in [0.717, 1.165) is 17.5 Å². The van der Waals surface area contributed by atoms with Gasteiger partial charge in [0.2, 0.25) is 0 Å². The van der Waals surface area contributed by atoms with Crippen LogP contribution in [0.5, 0.6) is 0 Å². The summed E-state index contributed by atoms with van der Waals surface area (Å²) in [6.45, 7) is 0. The van der Waals surface area contributed by atoms with Crippen LogP contribution in [-0.4, -0.2) is 12.2 Å². The number of hydrogen-bond acceptors (Lipinski definition) is 3. The Balaban J connectivity index is 2.11. The third-order valence-corrected chi connectivity index (χ3v) is 2.70. The lowest BCUT2D eigenvalue weighted by atomic mass is 9.88. The highest BCUT2D eigenvalue weighted by atomic mass is 16.8. The number of aryl methyl sites for hydroxylation is 1. The fourth-order valence-corrected chi connectivity index (χ4v) is 2.04. The topological polar surface area (TPSA) is 35.5 Å². The number of hydrogen-bond donors (Lipinski definition) is 0. The summed E-state index contributed by atoms with van der Waals surface area (Å²) in [6.07, 6.45) is -1.25. The van der Waals surface area contributed by atoms with Crippen LogP contribution in [0.2, 0.25) is 0 Å². The summed E-state index contributed by atoms with van der Waals surface area (Å²) in [5.41, 5.74) is 2.05. The Morgan fingerprint density at radius 3 is 3.14 bits per heavy atom. The van der Waals surface area contributed by atoms with Crippen molar-refractivity contribution < 1.29 is 15.6 Å². The van der Waals surface area contributed by atoms with Gasteiger partial charge in [-0.25, -0.2) is 4.79 Å². The normalized spacial score (nSPS) is 35.0. The number of rotatable bonds is 0. The molecule has 0 unspecified atom stereocenters. The van der Waals surface area contributed by atoms with Gasteiger partial charge >= 0.3 is 6.16 Å². The number of benzene rings is 1. The fraction of sp³-hybridized carbons (Fsp3) is 0.364. The predicted octanol–water partition coefficient (Wildman–Crippen LogP) is 2.21. The van der Waals surface area contributed by atoms with Gasteiger partial charge in [0.1, 0.15) is 6.08 Å². The van der Waals surface area contributed by atoms with Gasteiger partial charge in [-0.15, -0.1) is 0 Å². The van der Waals surface area contributed by atoms with Crippen LogP contribution in [0.4, 0.5) is 4.79 Å². The van der Waals surface area contributed by atoms with Crippen molar-refractivity contribution in [1.29, 1.82) is 0 Å². The van der Waals surface area contributed by atoms with Gasteiger partial charge in [-0.3, -0.25) is 0 Å². The highest BCUT2D eigenvalue weighted by molar-refractivity contribution is 5.63. The van der Waals surface area contributed by atoms with Crippen LogP contribution in [0.1, 0.15) is 25.0 Å². The maximum absolute atomic E-state index is 11.1. The molecule has 2 atom stereocenters. The van der Waals surface area contributed by atoms with Gasteiger partial charge < -0.3 is 9.47 Å². The summed E-state index contributed by atoms with van der Waals surface area (Å²) in [4.78, 5) is 11.1. The van der Waals surface area contributed by atoms with Crippen molar-refractivity contribution in [2.45, 2.75) is 25.0 Å². The van der Waals surface area contributed by atoms with Gasteiger partial charge in [0.05, 0.1) is 1.37 Å². The van der Waals surface area contributed by atoms with Gasteiger partial charge in [-0.2, -0.15) is 0 Å². The molecule has 1 heterocycles. The Kier molecular flexibility index (Phi) is 1.34. The second-order valence-electron chi connectivity index (χ2n) is 3.52. The maximum atomic E-state index is 11.1. The highest BCUT2D eigenvalue weighted by Crippen LogP contribution is 2.38. The van der Waals surface area contributed by atoms with Crippen LogP contribution < -0.4 is 0 Å². The quantitative estimate of drug-likeness (QED) is 0.590. The van der Waals surface area contributed by atoms with Crippen LogP contribution in [0.25, 0.3) is 0 Å². The zero-order valence-electron chi connectivity index (χ0n) is 8.53. The Hall–Kier alpha value is -1.51. The molecule has 1 fully saturated rings. The molecule has 1 aliphatic carbocycles. The Bertz CT molecular complexity index is 432. The van der Waals surface area contributed by atoms with Crippen LogP contribution in [-0.2, 0) is 15.9 Å². The minimum absolute atomic E-state index is 0.500. The van der Waals surface area contributed by atoms with Crippen molar-refractivity contribution in [2.24, 2.45) is 0 Å². The molecule has 0 radical (unpaired) electrons. The first-order valence-electron chi connectivity index (χ1n) is 5.16. The van der Waals surface area contributed by atoms with Crippen LogP contribution in [0.3, 0.4) is 0 Å². The van der Waals surface area contributed by atoms with E-state index in [9.17, 15) is 4.79 Å². The molecule has 0 saturated carbocycles. The van der Waals surface area contributed by atoms with E-state index in [4.69, 9.17) is 10.8 Å². The van der Waals surface area contributed by atoms with E-state index in [2.05, 4.69) is 0 Å². The largest absolute Gasteiger partial charge is 0.509 e. The molecule has 1 saturated heterocycles. The lowest BCUT2D eigenvalue weighted by molar-refractivity contribution is 0.115. The Labute approximate surface area is 83.0 Å². The third-order valence-electron chi connectivity index (χ3n) is 2.70. The minimum Gasteiger partial charge on any atom is -0.427 e. The summed E-state index contributed by atoms with van der Waals surface area (Å²) in [7, 11) is 0. The summed E-state index contributed by atoms with van der Waals surface area (Å²) in [6, 6.07) is 7.73. The second-order valence-corrected chi connectivity index (χ2v) is 3.52. The van der Waals surface area contributed by atoms with Crippen molar-refractivity contribution in [3.05, 3.63) is 35.4 Å². The van der Waals surface area contributed by atoms with E-state index < -0.39 is 18.3 Å². The van der Waals surface area contributed by atoms with Crippen molar-refractivity contribution in [1.82, 2.24) is 0 Å². The molecule has 3 rings (SSSR count). The zero-order valence-corrected chi connectivity index (χ0v) is 7.53. The lowest BCUT2D eigenvalue weighted by Gasteiger charge is -2.23. The first-order chi connectivity index (χ1) is 7.19. The highest BCUT2D eigenvalue weighted by Gasteiger charge is 2.41. The molecule has 1 aromatic carbocycles. The lowest BCUT2D eigenvalue weighted by Crippen LogP contribution is -2.22. The third kappa shape index (κ3) is 1.02. The van der Waals surface area contributed by atoms with Crippen LogP contribution in [0, 0.1) is 0 Å². The summed E-state index contributed by atoms with van der Waals surface area (Å²) in [5, 5.41) is 0. The molecule has 2 aliphatic rings. The fourth-order valence-electron chi connectivity index (χ4n) is 2.04. The molecule has 1 aliphatic heterocycles. The molecule has 0 amide bonds. The van der Waals surface area contributed by atoms with E-state index in [1.807, 2.05) is 24.3 Å². The van der Waals surface area contributed by atoms with Gasteiger partial charge in [0, 0.05) is 0 Å². The van der Waals surface area contributed by atoms with Gasteiger partial charge in [0.15, 0.2) is 6.10 Å². The van der Waals surface area contributed by atoms with Crippen molar-refractivity contribution in [2.75, 3.05) is 0 Å². The SMILES string of the molecule is [2H][C@]12CCc3ccccc3[C@H]1OC(=O)O2. The molecule has 3 nitrogen and oxygen atoms in total. The molecule has 0 bridgehead atoms. The first-order valence-corrected chi connectivity index (χ1v) is 4.66. The maximum Gasteiger partial charge on any atom is 0.509 e. The number of ether oxygens (including phenoxy) is 2. The second kappa shape index (κ2) is 2.74. The number of fused-ring (bicyclic) bond motifs is 3. The van der Waals surface area contributed by atoms with Crippen molar-refractivity contribution >= 4 is 6.16 Å². The molecule has 0 aromatic heterocycles. The van der Waals surface area contributed by atoms with E-state index in [-0.39, 0.29) is 0 Å². The summed E-state index contributed by atoms with van der Waals surface area (Å²) >= 11 is 0. The first kappa shape index (κ1) is 6.87. The van der Waals surface area contributed by atoms with Crippen molar-refractivity contribution in [3.63, 3.8) is 0 Å². The van der Waals surface area contributed by atoms with E-state index in [0.29, 0.717) is 6.42 Å². The van der Waals surface area contributed by atoms with E-state index >= 15 is 0 Å². The van der Waals surface area contributed by atoms with E-state index in [1.54, 1.807) is 0 Å². The minimum atomic E-state index is -1.22. The number of carbonyl (C=O) groups is 1. The Morgan fingerprint density at radius 1 is 1.36 bits per heavy atom. The monoisotopic (exact) mass is 191 g/mol. The molecule has 0 N–H and O–H groups in total. The molecule has 72 valence electrons. The molecular formula is C11H10O3. The van der Waals surface area contributed by atoms with Crippen molar-refractivity contribution in [3.8, 4) is 0 Å². The van der Waals surface area contributed by atoms with Crippen LogP contribution >= 0.6 is 0 Å². The average molecular weight is 191 g/mol. The van der Waals surface area contributed by atoms with Gasteiger partial charge in [-0.05, 0) is 24.0 Å². The summed E-state index contributed by atoms with van der Waals surface area (Å²) < 4.78 is 18.0. The summed E-state index contributed by atoms with van der Waals surface area (Å²) in [5.74, 6) is 0. The molecule has 3 heteroatoms. The van der Waals surface area contributed by atoms with Gasteiger partial charge in [0.25, 0.3) is 0 Å². The molecular weight excluding hydrogens is 180 g/mol. The standard InChI is InChI=1S/C11H10O3/c12-11-13-9-6-5-7-3-1-2-4-8(7)10(9)14-11/h1-4,9-10H,5-6H2/t9-,10+/m0/s1/i9D. The smallest absolute Gasteiger partial charge is 0.427 e. The van der Waals surface area contributed by atoms with Crippen LogP contribution in [0.15, 0.2) is 24.3 Å². The average Bonchev–Trinajstić information content (AvgIpc) is 2.53. The van der Waals surface area contributed by atoms with E-state index in [1.165, 1.54) is 0 Å². The molecule has 14 heavy (non-hydrogen) atoms. The molecule has 0 spiro atoms. The molecule has 1 aromatic rings. The Morgan fingerprint density at radius 2 is 2.21 bits per heavy atom. The number of carbonyl (C=O) groups excluding carboxylic acids is 1. The van der Waals surface area contributed by atoms with Gasteiger partial charge in [-0.1, -0.05) is 24.3 Å². The predicted molar refractivity (Wildman–Crippen MR) is 48.9 cm³/mol.